The lowest BCUT2D eigenvalue weighted by Gasteiger charge is -2.22. The molecule has 12 heteroatoms. The number of hydrogen-bond acceptors (Lipinski definition) is 7. The quantitative estimate of drug-likeness (QED) is 0.0802. The van der Waals surface area contributed by atoms with Crippen LogP contribution in [0.15, 0.2) is 76.6 Å². The lowest BCUT2D eigenvalue weighted by Crippen LogP contribution is -2.29. The van der Waals surface area contributed by atoms with Gasteiger partial charge in [0, 0.05) is 16.3 Å². The van der Waals surface area contributed by atoms with E-state index >= 15 is 0 Å². The van der Waals surface area contributed by atoms with E-state index in [4.69, 9.17) is 34.8 Å². The van der Waals surface area contributed by atoms with Crippen molar-refractivity contribution in [1.82, 2.24) is 10.2 Å². The molecule has 1 aliphatic heterocycles. The van der Waals surface area contributed by atoms with Crippen LogP contribution in [0.5, 0.6) is 0 Å². The van der Waals surface area contributed by atoms with Crippen molar-refractivity contribution >= 4 is 80.5 Å². The van der Waals surface area contributed by atoms with Gasteiger partial charge in [0.05, 0.1) is 21.7 Å². The number of rotatable bonds is 6. The van der Waals surface area contributed by atoms with E-state index in [1.54, 1.807) is 12.1 Å². The van der Waals surface area contributed by atoms with E-state index in [0.29, 0.717) is 20.7 Å². The predicted molar refractivity (Wildman–Crippen MR) is 149 cm³/mol. The van der Waals surface area contributed by atoms with Crippen LogP contribution in [0.25, 0.3) is 5.76 Å². The second-order valence-electron chi connectivity index (χ2n) is 8.08. The van der Waals surface area contributed by atoms with E-state index in [1.807, 2.05) is 18.2 Å². The first-order valence-electron chi connectivity index (χ1n) is 11.0. The Morgan fingerprint density at radius 1 is 0.974 bits per heavy atom. The number of anilines is 1. The monoisotopic (exact) mass is 605 g/mol. The first-order valence-corrected chi connectivity index (χ1v) is 13.9. The molecule has 38 heavy (non-hydrogen) atoms. The van der Waals surface area contributed by atoms with Crippen LogP contribution in [0.3, 0.4) is 0 Å². The topological polar surface area (TPSA) is 83.4 Å². The van der Waals surface area contributed by atoms with Crippen LogP contribution in [0, 0.1) is 5.82 Å². The maximum Gasteiger partial charge on any atom is 0.301 e. The number of thioether (sulfide) groups is 1. The first-order chi connectivity index (χ1) is 18.2. The molecular weight excluding hydrogens is 592 g/mol. The van der Waals surface area contributed by atoms with Crippen molar-refractivity contribution in [3.63, 3.8) is 0 Å². The Morgan fingerprint density at radius 2 is 1.71 bits per heavy atom. The van der Waals surface area contributed by atoms with E-state index < -0.39 is 29.3 Å². The molecule has 192 valence electrons. The Labute approximate surface area is 239 Å². The number of hydrogen-bond donors (Lipinski definition) is 1. The largest absolute Gasteiger partial charge is 0.507 e. The molecule has 1 atom stereocenters. The molecule has 0 aliphatic carbocycles. The zero-order chi connectivity index (χ0) is 27.0. The zero-order valence-corrected chi connectivity index (χ0v) is 23.0. The van der Waals surface area contributed by atoms with Crippen LogP contribution < -0.4 is 4.90 Å². The number of amides is 1. The van der Waals surface area contributed by atoms with Gasteiger partial charge in [-0.3, -0.25) is 14.5 Å². The van der Waals surface area contributed by atoms with Crippen LogP contribution >= 0.6 is 57.9 Å². The predicted octanol–water partition coefficient (Wildman–Crippen LogP) is 7.56. The van der Waals surface area contributed by atoms with Crippen LogP contribution in [0.2, 0.25) is 15.1 Å². The number of benzene rings is 3. The maximum absolute atomic E-state index is 13.5. The summed E-state index contributed by atoms with van der Waals surface area (Å²) >= 11 is 21.1. The molecule has 0 saturated carbocycles. The molecule has 6 nitrogen and oxygen atoms in total. The average Bonchev–Trinajstić information content (AvgIpc) is 3.47. The molecule has 1 unspecified atom stereocenters. The highest BCUT2D eigenvalue weighted by Crippen LogP contribution is 2.45. The Balaban J connectivity index is 1.56. The van der Waals surface area contributed by atoms with E-state index in [0.717, 1.165) is 29.0 Å². The molecule has 1 fully saturated rings. The number of aliphatic hydroxyl groups is 1. The summed E-state index contributed by atoms with van der Waals surface area (Å²) < 4.78 is 14.0. The summed E-state index contributed by atoms with van der Waals surface area (Å²) in [7, 11) is 0. The Bertz CT molecular complexity index is 1590. The lowest BCUT2D eigenvalue weighted by molar-refractivity contribution is -0.132. The normalized spacial score (nSPS) is 16.8. The van der Waals surface area contributed by atoms with Gasteiger partial charge in [0.1, 0.15) is 11.6 Å². The van der Waals surface area contributed by atoms with Crippen LogP contribution in [0.1, 0.15) is 22.7 Å². The zero-order valence-electron chi connectivity index (χ0n) is 19.1. The number of aromatic nitrogens is 2. The minimum Gasteiger partial charge on any atom is -0.507 e. The molecule has 3 aromatic carbocycles. The molecule has 1 aliphatic rings. The maximum atomic E-state index is 13.5. The highest BCUT2D eigenvalue weighted by molar-refractivity contribution is 8.00. The third-order valence-corrected chi connectivity index (χ3v) is 8.94. The lowest BCUT2D eigenvalue weighted by atomic mass is 9.95. The number of halogens is 4. The first kappa shape index (κ1) is 26.6. The second kappa shape index (κ2) is 11.0. The van der Waals surface area contributed by atoms with Crippen LogP contribution in [-0.2, 0) is 15.3 Å². The molecule has 1 N–H and O–H groups in total. The smallest absolute Gasteiger partial charge is 0.301 e. The summed E-state index contributed by atoms with van der Waals surface area (Å²) in [5.74, 6) is -2.28. The second-order valence-corrected chi connectivity index (χ2v) is 11.5. The summed E-state index contributed by atoms with van der Waals surface area (Å²) in [5.41, 5.74) is 1.30. The van der Waals surface area contributed by atoms with Crippen molar-refractivity contribution in [2.75, 3.05) is 4.90 Å². The molecule has 1 amide bonds. The highest BCUT2D eigenvalue weighted by atomic mass is 35.5. The van der Waals surface area contributed by atoms with Crippen LogP contribution in [0.4, 0.5) is 9.52 Å². The number of carbonyl (C=O) groups is 2. The average molecular weight is 607 g/mol. The fraction of sp³-hybridized carbons (Fsp3) is 0.0769. The summed E-state index contributed by atoms with van der Waals surface area (Å²) in [6, 6.07) is 15.9. The SMILES string of the molecule is O=C1C(=O)N(c2nnc(SCc3ccccc3Cl)s2)C(c2ccc(Cl)c(Cl)c2)/C1=C(/O)c1ccc(F)cc1. The highest BCUT2D eigenvalue weighted by Gasteiger charge is 2.48. The molecular formula is C26H15Cl3FN3O3S2. The molecule has 5 rings (SSSR count). The number of nitrogens with zero attached hydrogens (tertiary/aromatic N) is 3. The van der Waals surface area contributed by atoms with Crippen molar-refractivity contribution in [2.24, 2.45) is 0 Å². The van der Waals surface area contributed by atoms with Crippen LogP contribution in [-0.4, -0.2) is 27.0 Å². The van der Waals surface area contributed by atoms with E-state index in [2.05, 4.69) is 10.2 Å². The van der Waals surface area contributed by atoms with Gasteiger partial charge in [0.15, 0.2) is 4.34 Å². The number of aliphatic hydroxyl groups excluding tert-OH is 1. The summed E-state index contributed by atoms with van der Waals surface area (Å²) in [5, 5.41) is 20.7. The van der Waals surface area contributed by atoms with Gasteiger partial charge in [-0.1, -0.05) is 82.2 Å². The fourth-order valence-electron chi connectivity index (χ4n) is 3.90. The molecule has 0 radical (unpaired) electrons. The summed E-state index contributed by atoms with van der Waals surface area (Å²) in [6.07, 6.45) is 0. The van der Waals surface area contributed by atoms with Crippen molar-refractivity contribution in [3.05, 3.63) is 110 Å². The Hall–Kier alpha value is -2.95. The van der Waals surface area contributed by atoms with Gasteiger partial charge in [0.25, 0.3) is 5.78 Å². The number of Topliss-reactive ketones (excluding diaryl/α,β-unsaturated/α-hetero) is 1. The van der Waals surface area contributed by atoms with Gasteiger partial charge in [-0.05, 0) is 53.6 Å². The third kappa shape index (κ3) is 5.17. The number of carbonyl (C=O) groups excluding carboxylic acids is 2. The Kier molecular flexibility index (Phi) is 7.74. The van der Waals surface area contributed by atoms with E-state index in [1.165, 1.54) is 40.9 Å². The molecule has 2 heterocycles. The van der Waals surface area contributed by atoms with Gasteiger partial charge in [-0.2, -0.15) is 0 Å². The summed E-state index contributed by atoms with van der Waals surface area (Å²) in [4.78, 5) is 27.7. The molecule has 1 aromatic heterocycles. The van der Waals surface area contributed by atoms with Gasteiger partial charge < -0.3 is 5.11 Å². The van der Waals surface area contributed by atoms with Gasteiger partial charge in [-0.15, -0.1) is 10.2 Å². The van der Waals surface area contributed by atoms with Gasteiger partial charge in [0.2, 0.25) is 5.13 Å². The molecule has 0 bridgehead atoms. The van der Waals surface area contributed by atoms with Gasteiger partial charge in [-0.25, -0.2) is 4.39 Å². The third-order valence-electron chi connectivity index (χ3n) is 5.73. The molecule has 0 spiro atoms. The fourth-order valence-corrected chi connectivity index (χ4v) is 6.36. The van der Waals surface area contributed by atoms with Crippen molar-refractivity contribution < 1.29 is 19.1 Å². The Morgan fingerprint density at radius 3 is 2.42 bits per heavy atom. The molecule has 4 aromatic rings. The van der Waals surface area contributed by atoms with Crippen molar-refractivity contribution in [2.45, 2.75) is 16.1 Å². The minimum absolute atomic E-state index is 0.156. The standard InChI is InChI=1S/C26H15Cl3FN3O3S2/c27-17-4-2-1-3-15(17)12-37-26-32-31-25(38-26)33-21(14-7-10-18(28)19(29)11-14)20(23(35)24(33)36)22(34)13-5-8-16(30)9-6-13/h1-11,21,34H,12H2/b22-20-. The number of ketones is 1. The van der Waals surface area contributed by atoms with Crippen molar-refractivity contribution in [3.8, 4) is 0 Å². The van der Waals surface area contributed by atoms with Gasteiger partial charge >= 0.3 is 5.91 Å². The summed E-state index contributed by atoms with van der Waals surface area (Å²) in [6.45, 7) is 0. The minimum atomic E-state index is -1.08. The van der Waals surface area contributed by atoms with E-state index in [-0.39, 0.29) is 26.3 Å². The molecule has 1 saturated heterocycles. The van der Waals surface area contributed by atoms with Crippen molar-refractivity contribution in [1.29, 1.82) is 0 Å². The van der Waals surface area contributed by atoms with E-state index in [9.17, 15) is 19.1 Å².